The number of hydrogen-bond acceptors (Lipinski definition) is 5. The van der Waals surface area contributed by atoms with Gasteiger partial charge in [-0.3, -0.25) is 0 Å². The molecule has 5 nitrogen and oxygen atoms in total. The minimum absolute atomic E-state index is 0.0541. The Kier molecular flexibility index (Phi) is 3.26. The van der Waals surface area contributed by atoms with E-state index in [0.29, 0.717) is 24.0 Å². The van der Waals surface area contributed by atoms with Crippen molar-refractivity contribution in [2.24, 2.45) is 0 Å². The number of benzene rings is 2. The molecule has 134 valence electrons. The van der Waals surface area contributed by atoms with Gasteiger partial charge in [-0.1, -0.05) is 18.2 Å². The van der Waals surface area contributed by atoms with Gasteiger partial charge in [0.05, 0.1) is 12.2 Å². The quantitative estimate of drug-likeness (QED) is 0.633. The molecule has 0 saturated carbocycles. The molecule has 0 amide bonds. The fourth-order valence-corrected chi connectivity index (χ4v) is 5.10. The lowest BCUT2D eigenvalue weighted by Crippen LogP contribution is -2.33. The molecule has 2 aromatic rings. The Hall–Kier alpha value is -2.34. The second-order valence-corrected chi connectivity index (χ2v) is 7.27. The molecule has 5 rings (SSSR count). The second-order valence-electron chi connectivity index (χ2n) is 7.27. The van der Waals surface area contributed by atoms with Crippen LogP contribution < -0.4 is 0 Å². The monoisotopic (exact) mass is 352 g/mol. The van der Waals surface area contributed by atoms with Crippen molar-refractivity contribution >= 4 is 11.1 Å². The predicted molar refractivity (Wildman–Crippen MR) is 95.7 cm³/mol. The van der Waals surface area contributed by atoms with Crippen molar-refractivity contribution in [2.45, 2.75) is 37.1 Å². The van der Waals surface area contributed by atoms with Crippen molar-refractivity contribution in [1.29, 1.82) is 0 Å². The number of methoxy groups -OCH3 is 1. The van der Waals surface area contributed by atoms with Crippen molar-refractivity contribution in [2.75, 3.05) is 7.11 Å². The molecule has 0 bridgehead atoms. The fraction of sp³-hybridized carbons (Fsp3) is 0.333. The first-order valence-electron chi connectivity index (χ1n) is 8.85. The van der Waals surface area contributed by atoms with Gasteiger partial charge < -0.3 is 25.2 Å². The highest BCUT2D eigenvalue weighted by molar-refractivity contribution is 6.03. The lowest BCUT2D eigenvalue weighted by atomic mass is 9.74. The van der Waals surface area contributed by atoms with Crippen LogP contribution in [0.3, 0.4) is 0 Å². The fourth-order valence-electron chi connectivity index (χ4n) is 5.10. The summed E-state index contributed by atoms with van der Waals surface area (Å²) in [6.45, 7) is 0. The molecule has 0 fully saturated rings. The zero-order chi connectivity index (χ0) is 18.2. The summed E-state index contributed by atoms with van der Waals surface area (Å²) in [5, 5.41) is 42.1. The number of fused-ring (bicyclic) bond motifs is 4. The molecule has 4 N–H and O–H groups in total. The molecule has 26 heavy (non-hydrogen) atoms. The largest absolute Gasteiger partial charge is 0.508 e. The Morgan fingerprint density at radius 3 is 2.54 bits per heavy atom. The number of phenolic OH excluding ortho intramolecular Hbond substituents is 2. The lowest BCUT2D eigenvalue weighted by molar-refractivity contribution is -0.0234. The maximum atomic E-state index is 10.9. The molecule has 3 aliphatic rings. The van der Waals surface area contributed by atoms with Crippen molar-refractivity contribution in [3.63, 3.8) is 0 Å². The van der Waals surface area contributed by atoms with Crippen molar-refractivity contribution < 1.29 is 25.2 Å². The minimum Gasteiger partial charge on any atom is -0.508 e. The molecule has 2 aromatic carbocycles. The number of phenols is 2. The Bertz CT molecular complexity index is 961. The van der Waals surface area contributed by atoms with Crippen LogP contribution in [-0.4, -0.2) is 33.6 Å². The number of aromatic hydroxyl groups is 2. The van der Waals surface area contributed by atoms with E-state index < -0.39 is 18.3 Å². The van der Waals surface area contributed by atoms with Crippen LogP contribution in [0.5, 0.6) is 11.5 Å². The number of rotatable bonds is 1. The topological polar surface area (TPSA) is 90.2 Å². The molecule has 3 aliphatic carbocycles. The van der Waals surface area contributed by atoms with E-state index in [9.17, 15) is 20.4 Å². The number of hydrogen-bond donors (Lipinski definition) is 4. The van der Waals surface area contributed by atoms with E-state index in [4.69, 9.17) is 4.74 Å². The third kappa shape index (κ3) is 1.80. The van der Waals surface area contributed by atoms with E-state index in [0.717, 1.165) is 27.8 Å². The van der Waals surface area contributed by atoms with E-state index in [2.05, 4.69) is 0 Å². The summed E-state index contributed by atoms with van der Waals surface area (Å²) in [4.78, 5) is 0. The third-order valence-electron chi connectivity index (χ3n) is 6.11. The number of aliphatic hydroxyl groups is 2. The van der Waals surface area contributed by atoms with Gasteiger partial charge in [0, 0.05) is 24.2 Å². The Morgan fingerprint density at radius 2 is 1.77 bits per heavy atom. The van der Waals surface area contributed by atoms with Crippen LogP contribution in [0.1, 0.15) is 58.8 Å². The van der Waals surface area contributed by atoms with E-state index in [-0.39, 0.29) is 17.4 Å². The first-order chi connectivity index (χ1) is 12.5. The minimum atomic E-state index is -0.958. The highest BCUT2D eigenvalue weighted by Crippen LogP contribution is 2.61. The maximum Gasteiger partial charge on any atom is 0.122 e. The van der Waals surface area contributed by atoms with Gasteiger partial charge in [-0.05, 0) is 52.8 Å². The molecular formula is C21H20O5. The Morgan fingerprint density at radius 1 is 1.00 bits per heavy atom. The number of aliphatic hydroxyl groups excluding tert-OH is 2. The molecule has 0 saturated heterocycles. The number of ether oxygens (including phenoxy) is 1. The molecule has 5 heteroatoms. The predicted octanol–water partition coefficient (Wildman–Crippen LogP) is 3.00. The maximum absolute atomic E-state index is 10.9. The van der Waals surface area contributed by atoms with Gasteiger partial charge in [-0.25, -0.2) is 0 Å². The number of allylic oxidation sites excluding steroid dienone is 1. The standard InChI is InChI=1S/C21H20O5/c1-26-21-18-11-6-8-14(24)19-13(23)7-5-10(16(11)19)15(18)9-3-2-4-12(22)17(9)20(21)25/h2-4,6,8,13,18,20-25H,5,7H2,1H3/t13?,18?,20-,21+/m0/s1. The van der Waals surface area contributed by atoms with Gasteiger partial charge in [0.25, 0.3) is 0 Å². The zero-order valence-corrected chi connectivity index (χ0v) is 14.3. The van der Waals surface area contributed by atoms with Gasteiger partial charge in [0.2, 0.25) is 0 Å². The highest BCUT2D eigenvalue weighted by atomic mass is 16.5. The molecule has 0 aliphatic heterocycles. The Labute approximate surface area is 150 Å². The van der Waals surface area contributed by atoms with E-state index >= 15 is 0 Å². The summed E-state index contributed by atoms with van der Waals surface area (Å²) in [7, 11) is 1.56. The smallest absolute Gasteiger partial charge is 0.122 e. The van der Waals surface area contributed by atoms with Gasteiger partial charge in [0.15, 0.2) is 0 Å². The van der Waals surface area contributed by atoms with E-state index in [1.807, 2.05) is 12.1 Å². The van der Waals surface area contributed by atoms with Crippen molar-refractivity contribution in [3.8, 4) is 11.5 Å². The average molecular weight is 352 g/mol. The average Bonchev–Trinajstić information content (AvgIpc) is 2.95. The molecule has 0 radical (unpaired) electrons. The molecule has 0 spiro atoms. The molecule has 0 aromatic heterocycles. The van der Waals surface area contributed by atoms with Crippen LogP contribution in [0.4, 0.5) is 0 Å². The van der Waals surface area contributed by atoms with Crippen LogP contribution >= 0.6 is 0 Å². The van der Waals surface area contributed by atoms with Gasteiger partial charge in [-0.2, -0.15) is 0 Å². The molecule has 4 atom stereocenters. The van der Waals surface area contributed by atoms with Crippen molar-refractivity contribution in [3.05, 3.63) is 58.1 Å². The first-order valence-corrected chi connectivity index (χ1v) is 8.85. The van der Waals surface area contributed by atoms with E-state index in [1.54, 1.807) is 25.3 Å². The zero-order valence-electron chi connectivity index (χ0n) is 14.3. The second kappa shape index (κ2) is 5.33. The van der Waals surface area contributed by atoms with Gasteiger partial charge in [-0.15, -0.1) is 0 Å². The SMILES string of the molecule is CO[C@@H]1C2C(=C3CCC(O)c4c(O)ccc2c43)c2cccc(O)c2[C@@H]1O. The molecule has 0 heterocycles. The summed E-state index contributed by atoms with van der Waals surface area (Å²) in [6.07, 6.45) is -0.999. The normalized spacial score (nSPS) is 28.6. The lowest BCUT2D eigenvalue weighted by Gasteiger charge is -2.37. The van der Waals surface area contributed by atoms with Crippen LogP contribution in [0.2, 0.25) is 0 Å². The summed E-state index contributed by atoms with van der Waals surface area (Å²) < 4.78 is 5.68. The van der Waals surface area contributed by atoms with Gasteiger partial charge in [0.1, 0.15) is 17.6 Å². The van der Waals surface area contributed by atoms with Crippen LogP contribution in [0.15, 0.2) is 30.3 Å². The molecule has 2 unspecified atom stereocenters. The summed E-state index contributed by atoms with van der Waals surface area (Å²) in [5.74, 6) is -0.0456. The van der Waals surface area contributed by atoms with Crippen LogP contribution in [0.25, 0.3) is 11.1 Å². The first kappa shape index (κ1) is 15.9. The van der Waals surface area contributed by atoms with Crippen LogP contribution in [-0.2, 0) is 4.74 Å². The summed E-state index contributed by atoms with van der Waals surface area (Å²) in [6, 6.07) is 8.73. The third-order valence-corrected chi connectivity index (χ3v) is 6.11. The van der Waals surface area contributed by atoms with E-state index in [1.165, 1.54) is 0 Å². The van der Waals surface area contributed by atoms with Crippen LogP contribution in [0, 0.1) is 0 Å². The highest BCUT2D eigenvalue weighted by Gasteiger charge is 2.48. The molecular weight excluding hydrogens is 332 g/mol. The summed E-state index contributed by atoms with van der Waals surface area (Å²) in [5.41, 5.74) is 5.82. The Balaban J connectivity index is 1.88. The van der Waals surface area contributed by atoms with Crippen molar-refractivity contribution in [1.82, 2.24) is 0 Å². The summed E-state index contributed by atoms with van der Waals surface area (Å²) >= 11 is 0. The van der Waals surface area contributed by atoms with Gasteiger partial charge >= 0.3 is 0 Å².